The molecule has 0 spiro atoms. The van der Waals surface area contributed by atoms with Gasteiger partial charge in [0.1, 0.15) is 0 Å². The third kappa shape index (κ3) is 5.13. The van der Waals surface area contributed by atoms with Gasteiger partial charge in [0.05, 0.1) is 5.02 Å². The summed E-state index contributed by atoms with van der Waals surface area (Å²) in [5.74, 6) is 0. The molecule has 18 heavy (non-hydrogen) atoms. The van der Waals surface area contributed by atoms with Crippen LogP contribution in [0.15, 0.2) is 34.8 Å². The maximum atomic E-state index is 6.04. The van der Waals surface area contributed by atoms with Gasteiger partial charge in [-0.1, -0.05) is 30.2 Å². The van der Waals surface area contributed by atoms with E-state index in [1.165, 1.54) is 11.1 Å². The summed E-state index contributed by atoms with van der Waals surface area (Å²) in [6.07, 6.45) is 3.25. The standard InChI is InChI=1S/C15H21BrClN/c1-4-9-18-15(8-5-11(2)3)12-6-7-14(17)13(16)10-12/h6-7,10,15,18H,2,4-5,8-9H2,1,3H3. The fourth-order valence-electron chi connectivity index (χ4n) is 1.83. The first-order valence-electron chi connectivity index (χ1n) is 6.37. The SMILES string of the molecule is C=C(C)CCC(NCCC)c1ccc(Cl)c(Br)c1. The number of hydrogen-bond donors (Lipinski definition) is 1. The number of hydrogen-bond acceptors (Lipinski definition) is 1. The second-order valence-electron chi connectivity index (χ2n) is 4.68. The molecule has 1 N–H and O–H groups in total. The van der Waals surface area contributed by atoms with Gasteiger partial charge in [0.25, 0.3) is 0 Å². The third-order valence-electron chi connectivity index (χ3n) is 2.85. The number of benzene rings is 1. The van der Waals surface area contributed by atoms with Crippen molar-refractivity contribution in [1.29, 1.82) is 0 Å². The molecule has 0 radical (unpaired) electrons. The van der Waals surface area contributed by atoms with Crippen LogP contribution in [0.4, 0.5) is 0 Å². The predicted molar refractivity (Wildman–Crippen MR) is 84.2 cm³/mol. The summed E-state index contributed by atoms with van der Waals surface area (Å²) in [6.45, 7) is 9.26. The van der Waals surface area contributed by atoms with E-state index in [1.807, 2.05) is 6.07 Å². The molecule has 1 atom stereocenters. The average molecular weight is 331 g/mol. The maximum Gasteiger partial charge on any atom is 0.0548 e. The fraction of sp³-hybridized carbons (Fsp3) is 0.467. The maximum absolute atomic E-state index is 6.04. The summed E-state index contributed by atoms with van der Waals surface area (Å²) in [5, 5.41) is 4.34. The van der Waals surface area contributed by atoms with E-state index in [9.17, 15) is 0 Å². The third-order valence-corrected chi connectivity index (χ3v) is 4.06. The first-order chi connectivity index (χ1) is 8.54. The Hall–Kier alpha value is -0.310. The second-order valence-corrected chi connectivity index (χ2v) is 5.94. The molecule has 0 aliphatic heterocycles. The Morgan fingerprint density at radius 2 is 2.22 bits per heavy atom. The lowest BCUT2D eigenvalue weighted by Crippen LogP contribution is -2.22. The molecule has 0 aliphatic carbocycles. The molecule has 1 nitrogen and oxygen atoms in total. The van der Waals surface area contributed by atoms with E-state index in [2.05, 4.69) is 53.8 Å². The van der Waals surface area contributed by atoms with E-state index >= 15 is 0 Å². The Morgan fingerprint density at radius 1 is 1.50 bits per heavy atom. The van der Waals surface area contributed by atoms with Crippen LogP contribution >= 0.6 is 27.5 Å². The monoisotopic (exact) mass is 329 g/mol. The summed E-state index contributed by atoms with van der Waals surface area (Å²) in [7, 11) is 0. The van der Waals surface area contributed by atoms with Crippen LogP contribution in [-0.2, 0) is 0 Å². The minimum absolute atomic E-state index is 0.371. The van der Waals surface area contributed by atoms with Gasteiger partial charge in [0.2, 0.25) is 0 Å². The molecule has 3 heteroatoms. The van der Waals surface area contributed by atoms with Crippen molar-refractivity contribution < 1.29 is 0 Å². The van der Waals surface area contributed by atoms with Crippen molar-refractivity contribution in [3.8, 4) is 0 Å². The quantitative estimate of drug-likeness (QED) is 0.651. The van der Waals surface area contributed by atoms with Gasteiger partial charge in [0, 0.05) is 10.5 Å². The lowest BCUT2D eigenvalue weighted by Gasteiger charge is -2.19. The van der Waals surface area contributed by atoms with Crippen LogP contribution in [0.2, 0.25) is 5.02 Å². The topological polar surface area (TPSA) is 12.0 Å². The normalized spacial score (nSPS) is 12.4. The van der Waals surface area contributed by atoms with E-state index in [0.717, 1.165) is 35.3 Å². The van der Waals surface area contributed by atoms with Gasteiger partial charge in [-0.15, -0.1) is 6.58 Å². The van der Waals surface area contributed by atoms with Gasteiger partial charge >= 0.3 is 0 Å². The molecule has 0 saturated carbocycles. The predicted octanol–water partition coefficient (Wildman–Crippen LogP) is 5.50. The van der Waals surface area contributed by atoms with Gasteiger partial charge in [-0.05, 0) is 66.4 Å². The summed E-state index contributed by atoms with van der Waals surface area (Å²) < 4.78 is 0.959. The Labute approximate surface area is 124 Å². The van der Waals surface area contributed by atoms with E-state index in [0.29, 0.717) is 6.04 Å². The number of rotatable bonds is 7. The zero-order valence-electron chi connectivity index (χ0n) is 11.1. The van der Waals surface area contributed by atoms with Crippen molar-refractivity contribution in [3.63, 3.8) is 0 Å². The molecule has 1 unspecified atom stereocenters. The van der Waals surface area contributed by atoms with Gasteiger partial charge in [-0.2, -0.15) is 0 Å². The second kappa shape index (κ2) is 7.98. The molecular weight excluding hydrogens is 310 g/mol. The molecule has 1 rings (SSSR count). The van der Waals surface area contributed by atoms with Gasteiger partial charge < -0.3 is 5.32 Å². The van der Waals surface area contributed by atoms with Crippen LogP contribution in [0.25, 0.3) is 0 Å². The minimum Gasteiger partial charge on any atom is -0.310 e. The summed E-state index contributed by atoms with van der Waals surface area (Å²) in [5.41, 5.74) is 2.51. The largest absolute Gasteiger partial charge is 0.310 e. The van der Waals surface area contributed by atoms with Gasteiger partial charge in [0.15, 0.2) is 0 Å². The van der Waals surface area contributed by atoms with Crippen molar-refractivity contribution >= 4 is 27.5 Å². The average Bonchev–Trinajstić information content (AvgIpc) is 2.33. The Balaban J connectivity index is 2.79. The zero-order chi connectivity index (χ0) is 13.5. The molecule has 100 valence electrons. The molecule has 1 aromatic carbocycles. The molecule has 0 aromatic heterocycles. The Bertz CT molecular complexity index is 403. The number of nitrogens with one attached hydrogen (secondary N) is 1. The van der Waals surface area contributed by atoms with E-state index < -0.39 is 0 Å². The minimum atomic E-state index is 0.371. The molecule has 0 amide bonds. The summed E-state index contributed by atoms with van der Waals surface area (Å²) in [6, 6.07) is 6.52. The van der Waals surface area contributed by atoms with Crippen LogP contribution in [0.1, 0.15) is 44.7 Å². The number of allylic oxidation sites excluding steroid dienone is 1. The fourth-order valence-corrected chi connectivity index (χ4v) is 2.34. The highest BCUT2D eigenvalue weighted by Gasteiger charge is 2.11. The van der Waals surface area contributed by atoms with E-state index in [1.54, 1.807) is 0 Å². The first kappa shape index (κ1) is 15.7. The molecule has 0 heterocycles. The van der Waals surface area contributed by atoms with Crippen molar-refractivity contribution in [2.24, 2.45) is 0 Å². The first-order valence-corrected chi connectivity index (χ1v) is 7.54. The molecular formula is C15H21BrClN. The van der Waals surface area contributed by atoms with Crippen LogP contribution in [0, 0.1) is 0 Å². The summed E-state index contributed by atoms with van der Waals surface area (Å²) in [4.78, 5) is 0. The highest BCUT2D eigenvalue weighted by molar-refractivity contribution is 9.10. The lowest BCUT2D eigenvalue weighted by molar-refractivity contribution is 0.498. The highest BCUT2D eigenvalue weighted by atomic mass is 79.9. The smallest absolute Gasteiger partial charge is 0.0548 e. The van der Waals surface area contributed by atoms with Gasteiger partial charge in [-0.25, -0.2) is 0 Å². The molecule has 0 aliphatic rings. The van der Waals surface area contributed by atoms with E-state index in [-0.39, 0.29) is 0 Å². The van der Waals surface area contributed by atoms with E-state index in [4.69, 9.17) is 11.6 Å². The highest BCUT2D eigenvalue weighted by Crippen LogP contribution is 2.28. The zero-order valence-corrected chi connectivity index (χ0v) is 13.4. The van der Waals surface area contributed by atoms with Crippen LogP contribution in [0.3, 0.4) is 0 Å². The van der Waals surface area contributed by atoms with Crippen molar-refractivity contribution in [1.82, 2.24) is 5.32 Å². The van der Waals surface area contributed by atoms with Crippen LogP contribution < -0.4 is 5.32 Å². The molecule has 0 saturated heterocycles. The van der Waals surface area contributed by atoms with Crippen molar-refractivity contribution in [2.45, 2.75) is 39.2 Å². The Kier molecular flexibility index (Phi) is 6.98. The number of halogens is 2. The van der Waals surface area contributed by atoms with Crippen molar-refractivity contribution in [3.05, 3.63) is 45.4 Å². The molecule has 0 bridgehead atoms. The lowest BCUT2D eigenvalue weighted by atomic mass is 10.00. The van der Waals surface area contributed by atoms with Crippen molar-refractivity contribution in [2.75, 3.05) is 6.54 Å². The summed E-state index contributed by atoms with van der Waals surface area (Å²) >= 11 is 9.52. The Morgan fingerprint density at radius 3 is 2.78 bits per heavy atom. The van der Waals surface area contributed by atoms with Crippen LogP contribution in [-0.4, -0.2) is 6.54 Å². The van der Waals surface area contributed by atoms with Gasteiger partial charge in [-0.3, -0.25) is 0 Å². The molecule has 0 fully saturated rings. The van der Waals surface area contributed by atoms with Crippen LogP contribution in [0.5, 0.6) is 0 Å². The molecule has 1 aromatic rings.